The molecule has 0 aliphatic rings. The number of nitrogens with zero attached hydrogens (tertiary/aromatic N) is 2. The first-order chi connectivity index (χ1) is 11.2. The Morgan fingerprint density at radius 3 is 2.46 bits per heavy atom. The van der Waals surface area contributed by atoms with Crippen LogP contribution in [-0.4, -0.2) is 56.2 Å². The summed E-state index contributed by atoms with van der Waals surface area (Å²) >= 11 is 0. The Morgan fingerprint density at radius 1 is 1.29 bits per heavy atom. The molecule has 0 spiro atoms. The van der Waals surface area contributed by atoms with Crippen LogP contribution in [0.4, 0.5) is 4.39 Å². The fourth-order valence-corrected chi connectivity index (χ4v) is 1.85. The van der Waals surface area contributed by atoms with E-state index in [9.17, 15) is 9.18 Å². The Labute approximate surface area is 142 Å². The molecule has 0 amide bonds. The first kappa shape index (κ1) is 19.7. The molecule has 0 saturated carbocycles. The molecule has 6 nitrogen and oxygen atoms in total. The van der Waals surface area contributed by atoms with Crippen LogP contribution in [0.3, 0.4) is 0 Å². The number of ether oxygens (including phenoxy) is 2. The predicted molar refractivity (Wildman–Crippen MR) is 91.7 cm³/mol. The second-order valence-electron chi connectivity index (χ2n) is 6.21. The molecule has 1 N–H and O–H groups in total. The number of guanidine groups is 1. The smallest absolute Gasteiger partial charge is 0.325 e. The van der Waals surface area contributed by atoms with Gasteiger partial charge in [-0.25, -0.2) is 4.39 Å². The van der Waals surface area contributed by atoms with Gasteiger partial charge in [0.05, 0.1) is 6.54 Å². The lowest BCUT2D eigenvalue weighted by atomic mass is 10.2. The molecule has 134 valence electrons. The van der Waals surface area contributed by atoms with Crippen molar-refractivity contribution in [2.24, 2.45) is 4.99 Å². The molecule has 1 aromatic carbocycles. The van der Waals surface area contributed by atoms with Crippen LogP contribution in [0.25, 0.3) is 0 Å². The van der Waals surface area contributed by atoms with E-state index in [4.69, 9.17) is 9.47 Å². The van der Waals surface area contributed by atoms with Crippen molar-refractivity contribution >= 4 is 11.9 Å². The van der Waals surface area contributed by atoms with Crippen molar-refractivity contribution in [2.45, 2.75) is 26.4 Å². The van der Waals surface area contributed by atoms with Crippen molar-refractivity contribution in [1.82, 2.24) is 10.2 Å². The van der Waals surface area contributed by atoms with E-state index in [2.05, 4.69) is 10.3 Å². The summed E-state index contributed by atoms with van der Waals surface area (Å²) in [5.41, 5.74) is -0.517. The number of aliphatic imine (C=N–C) groups is 1. The number of rotatable bonds is 6. The highest BCUT2D eigenvalue weighted by atomic mass is 19.1. The van der Waals surface area contributed by atoms with Gasteiger partial charge in [0.25, 0.3) is 0 Å². The zero-order valence-corrected chi connectivity index (χ0v) is 14.9. The van der Waals surface area contributed by atoms with E-state index in [1.807, 2.05) is 32.7 Å². The minimum Gasteiger partial charge on any atom is -0.492 e. The summed E-state index contributed by atoms with van der Waals surface area (Å²) in [6, 6.07) is 5.84. The summed E-state index contributed by atoms with van der Waals surface area (Å²) in [5.74, 6) is 0.510. The number of esters is 1. The molecule has 1 rings (SSSR count). The normalized spacial score (nSPS) is 11.8. The van der Waals surface area contributed by atoms with Gasteiger partial charge in [-0.1, -0.05) is 0 Å². The summed E-state index contributed by atoms with van der Waals surface area (Å²) in [5, 5.41) is 2.94. The van der Waals surface area contributed by atoms with Crippen LogP contribution in [0.1, 0.15) is 20.8 Å². The van der Waals surface area contributed by atoms with Gasteiger partial charge in [0.2, 0.25) is 0 Å². The Balaban J connectivity index is 2.37. The number of carbonyl (C=O) groups excluding carboxylic acids is 1. The maximum absolute atomic E-state index is 12.8. The van der Waals surface area contributed by atoms with E-state index in [0.29, 0.717) is 24.9 Å². The largest absolute Gasteiger partial charge is 0.492 e. The number of hydrogen-bond acceptors (Lipinski definition) is 4. The molecule has 24 heavy (non-hydrogen) atoms. The van der Waals surface area contributed by atoms with Gasteiger partial charge >= 0.3 is 5.97 Å². The molecule has 0 aromatic heterocycles. The topological polar surface area (TPSA) is 63.2 Å². The Morgan fingerprint density at radius 2 is 1.92 bits per heavy atom. The van der Waals surface area contributed by atoms with Crippen LogP contribution in [0, 0.1) is 5.82 Å². The fraction of sp³-hybridized carbons (Fsp3) is 0.529. The van der Waals surface area contributed by atoms with Crippen LogP contribution in [0.5, 0.6) is 5.75 Å². The minimum atomic E-state index is -0.517. The Hall–Kier alpha value is -2.31. The molecular formula is C17H26FN3O3. The summed E-state index contributed by atoms with van der Waals surface area (Å²) in [7, 11) is 3.47. The van der Waals surface area contributed by atoms with Crippen molar-refractivity contribution < 1.29 is 18.7 Å². The number of hydrogen-bond donors (Lipinski definition) is 1. The highest BCUT2D eigenvalue weighted by molar-refractivity contribution is 5.84. The van der Waals surface area contributed by atoms with Gasteiger partial charge in [-0.3, -0.25) is 9.79 Å². The fourth-order valence-electron chi connectivity index (χ4n) is 1.85. The molecule has 1 aromatic rings. The lowest BCUT2D eigenvalue weighted by molar-refractivity contribution is -0.153. The lowest BCUT2D eigenvalue weighted by Gasteiger charge is -2.23. The summed E-state index contributed by atoms with van der Waals surface area (Å²) in [4.78, 5) is 17.7. The number of likely N-dealkylation sites (N-methyl/N-ethyl adjacent to an activating group) is 1. The maximum Gasteiger partial charge on any atom is 0.325 e. The van der Waals surface area contributed by atoms with Gasteiger partial charge in [0.15, 0.2) is 5.96 Å². The van der Waals surface area contributed by atoms with Gasteiger partial charge in [-0.15, -0.1) is 0 Å². The average Bonchev–Trinajstić information content (AvgIpc) is 2.48. The third kappa shape index (κ3) is 7.80. The van der Waals surface area contributed by atoms with E-state index >= 15 is 0 Å². The van der Waals surface area contributed by atoms with Crippen molar-refractivity contribution in [3.8, 4) is 5.75 Å². The quantitative estimate of drug-likeness (QED) is 0.488. The molecule has 0 aliphatic carbocycles. The molecule has 0 heterocycles. The highest BCUT2D eigenvalue weighted by Crippen LogP contribution is 2.10. The predicted octanol–water partition coefficient (Wildman–Crippen LogP) is 2.05. The second-order valence-corrected chi connectivity index (χ2v) is 6.21. The molecule has 7 heteroatoms. The van der Waals surface area contributed by atoms with Crippen molar-refractivity contribution in [3.63, 3.8) is 0 Å². The van der Waals surface area contributed by atoms with E-state index in [-0.39, 0.29) is 18.3 Å². The van der Waals surface area contributed by atoms with Crippen LogP contribution in [-0.2, 0) is 9.53 Å². The SMILES string of the molecule is CN=C(NCC(=O)OC(C)(C)C)N(C)CCOc1ccc(F)cc1. The molecule has 0 radical (unpaired) electrons. The summed E-state index contributed by atoms with van der Waals surface area (Å²) in [6.45, 7) is 6.43. The first-order valence-corrected chi connectivity index (χ1v) is 7.73. The molecule has 0 aliphatic heterocycles. The zero-order chi connectivity index (χ0) is 18.2. The number of nitrogens with one attached hydrogen (secondary N) is 1. The van der Waals surface area contributed by atoms with E-state index in [1.165, 1.54) is 12.1 Å². The lowest BCUT2D eigenvalue weighted by Crippen LogP contribution is -2.44. The second kappa shape index (κ2) is 9.10. The number of benzene rings is 1. The summed E-state index contributed by atoms with van der Waals surface area (Å²) < 4.78 is 23.6. The van der Waals surface area contributed by atoms with Crippen molar-refractivity contribution in [1.29, 1.82) is 0 Å². The van der Waals surface area contributed by atoms with E-state index in [1.54, 1.807) is 19.2 Å². The molecule has 0 fully saturated rings. The Bertz CT molecular complexity index is 553. The van der Waals surface area contributed by atoms with Crippen LogP contribution >= 0.6 is 0 Å². The summed E-state index contributed by atoms with van der Waals surface area (Å²) in [6.07, 6.45) is 0. The molecule has 0 saturated heterocycles. The third-order valence-electron chi connectivity index (χ3n) is 2.89. The van der Waals surface area contributed by atoms with Gasteiger partial charge in [0.1, 0.15) is 30.3 Å². The first-order valence-electron chi connectivity index (χ1n) is 7.73. The van der Waals surface area contributed by atoms with Gasteiger partial charge in [-0.05, 0) is 45.0 Å². The Kier molecular flexibility index (Phi) is 7.48. The van der Waals surface area contributed by atoms with Crippen molar-refractivity contribution in [2.75, 3.05) is 33.8 Å². The minimum absolute atomic E-state index is 0.0348. The average molecular weight is 339 g/mol. The number of halogens is 1. The zero-order valence-electron chi connectivity index (χ0n) is 14.9. The maximum atomic E-state index is 12.8. The van der Waals surface area contributed by atoms with Crippen LogP contribution in [0.15, 0.2) is 29.3 Å². The monoisotopic (exact) mass is 339 g/mol. The van der Waals surface area contributed by atoms with Crippen LogP contribution in [0.2, 0.25) is 0 Å². The van der Waals surface area contributed by atoms with E-state index in [0.717, 1.165) is 0 Å². The molecule has 0 bridgehead atoms. The molecule has 0 unspecified atom stereocenters. The third-order valence-corrected chi connectivity index (χ3v) is 2.89. The molecule has 0 atom stereocenters. The highest BCUT2D eigenvalue weighted by Gasteiger charge is 2.17. The van der Waals surface area contributed by atoms with Gasteiger partial charge in [-0.2, -0.15) is 0 Å². The number of carbonyl (C=O) groups is 1. The van der Waals surface area contributed by atoms with E-state index < -0.39 is 5.60 Å². The standard InChI is InChI=1S/C17H26FN3O3/c1-17(2,3)24-15(22)12-20-16(19-4)21(5)10-11-23-14-8-6-13(18)7-9-14/h6-9H,10-12H2,1-5H3,(H,19,20). The van der Waals surface area contributed by atoms with Gasteiger partial charge < -0.3 is 19.7 Å². The molecular weight excluding hydrogens is 313 g/mol. The van der Waals surface area contributed by atoms with Gasteiger partial charge in [0, 0.05) is 14.1 Å². The van der Waals surface area contributed by atoms with Crippen LogP contribution < -0.4 is 10.1 Å². The van der Waals surface area contributed by atoms with Crippen molar-refractivity contribution in [3.05, 3.63) is 30.1 Å².